The molecule has 0 aliphatic carbocycles. The second-order valence-electron chi connectivity index (χ2n) is 3.92. The Balaban J connectivity index is 2.27. The van der Waals surface area contributed by atoms with Crippen LogP contribution in [0.25, 0.3) is 22.5 Å². The number of aromatic nitrogens is 2. The van der Waals surface area contributed by atoms with Crippen molar-refractivity contribution in [2.24, 2.45) is 0 Å². The van der Waals surface area contributed by atoms with Gasteiger partial charge in [0.2, 0.25) is 0 Å². The summed E-state index contributed by atoms with van der Waals surface area (Å²) in [7, 11) is 0. The lowest BCUT2D eigenvalue weighted by Gasteiger charge is -2.08. The molecule has 0 spiro atoms. The molecule has 1 aromatic carbocycles. The van der Waals surface area contributed by atoms with E-state index < -0.39 is 5.82 Å². The molecule has 86 valence electrons. The summed E-state index contributed by atoms with van der Waals surface area (Å²) in [5.41, 5.74) is 2.95. The van der Waals surface area contributed by atoms with Crippen LogP contribution in [0.2, 0.25) is 0 Å². The van der Waals surface area contributed by atoms with Crippen molar-refractivity contribution in [3.8, 4) is 28.6 Å². The van der Waals surface area contributed by atoms with Crippen molar-refractivity contribution in [2.75, 3.05) is 0 Å². The van der Waals surface area contributed by atoms with E-state index in [2.05, 4.69) is 9.97 Å². The lowest BCUT2D eigenvalue weighted by atomic mass is 10.0. The second-order valence-corrected chi connectivity index (χ2v) is 3.92. The van der Waals surface area contributed by atoms with Crippen molar-refractivity contribution in [1.82, 2.24) is 9.97 Å². The third-order valence-electron chi connectivity index (χ3n) is 2.83. The SMILES string of the molecule is N#Cc1cccc(F)c1-c1ccc2cncc-2[nH]1. The molecule has 18 heavy (non-hydrogen) atoms. The van der Waals surface area contributed by atoms with Crippen LogP contribution >= 0.6 is 0 Å². The minimum atomic E-state index is -0.413. The van der Waals surface area contributed by atoms with E-state index in [1.165, 1.54) is 12.1 Å². The van der Waals surface area contributed by atoms with E-state index in [-0.39, 0.29) is 0 Å². The fraction of sp³-hybridized carbons (Fsp3) is 0. The van der Waals surface area contributed by atoms with Crippen molar-refractivity contribution in [3.05, 3.63) is 54.1 Å². The lowest BCUT2D eigenvalue weighted by Crippen LogP contribution is -1.93. The molecule has 3 nitrogen and oxygen atoms in total. The average Bonchev–Trinajstić information content (AvgIpc) is 2.85. The second kappa shape index (κ2) is 3.97. The summed E-state index contributed by atoms with van der Waals surface area (Å²) in [5.74, 6) is -0.413. The fourth-order valence-corrected chi connectivity index (χ4v) is 1.97. The van der Waals surface area contributed by atoms with Crippen LogP contribution in [0.3, 0.4) is 0 Å². The largest absolute Gasteiger partial charge is 0.353 e. The smallest absolute Gasteiger partial charge is 0.133 e. The highest BCUT2D eigenvalue weighted by Gasteiger charge is 2.13. The van der Waals surface area contributed by atoms with E-state index in [9.17, 15) is 4.39 Å². The van der Waals surface area contributed by atoms with Crippen molar-refractivity contribution in [2.45, 2.75) is 0 Å². The van der Waals surface area contributed by atoms with Gasteiger partial charge in [0.05, 0.1) is 34.8 Å². The van der Waals surface area contributed by atoms with Gasteiger partial charge in [-0.25, -0.2) is 4.39 Å². The highest BCUT2D eigenvalue weighted by molar-refractivity contribution is 5.72. The predicted octanol–water partition coefficient (Wildman–Crippen LogP) is 3.19. The third kappa shape index (κ3) is 1.54. The Bertz CT molecular complexity index is 724. The molecule has 0 radical (unpaired) electrons. The molecule has 1 N–H and O–H groups in total. The summed E-state index contributed by atoms with van der Waals surface area (Å²) in [6.07, 6.45) is 3.40. The summed E-state index contributed by atoms with van der Waals surface area (Å²) in [6.45, 7) is 0. The molecule has 0 fully saturated rings. The molecule has 2 aliphatic heterocycles. The molecule has 3 rings (SSSR count). The van der Waals surface area contributed by atoms with E-state index in [1.807, 2.05) is 12.1 Å². The molecule has 2 heterocycles. The predicted molar refractivity (Wildman–Crippen MR) is 65.3 cm³/mol. The Morgan fingerprint density at radius 2 is 2.00 bits per heavy atom. The molecule has 0 bridgehead atoms. The number of rotatable bonds is 1. The van der Waals surface area contributed by atoms with E-state index in [0.29, 0.717) is 16.8 Å². The van der Waals surface area contributed by atoms with Gasteiger partial charge in [0.1, 0.15) is 5.82 Å². The quantitative estimate of drug-likeness (QED) is 0.706. The molecule has 0 saturated carbocycles. The van der Waals surface area contributed by atoms with Gasteiger partial charge in [-0.2, -0.15) is 5.26 Å². The number of nitriles is 1. The number of H-pyrrole nitrogens is 1. The molecule has 4 heteroatoms. The van der Waals surface area contributed by atoms with Gasteiger partial charge in [0.25, 0.3) is 0 Å². The summed E-state index contributed by atoms with van der Waals surface area (Å²) in [5, 5.41) is 9.03. The van der Waals surface area contributed by atoms with Crippen LogP contribution in [-0.4, -0.2) is 9.97 Å². The first-order valence-electron chi connectivity index (χ1n) is 5.41. The zero-order valence-electron chi connectivity index (χ0n) is 9.31. The Kier molecular flexibility index (Phi) is 2.31. The number of benzene rings is 1. The van der Waals surface area contributed by atoms with Crippen molar-refractivity contribution in [1.29, 1.82) is 5.26 Å². The van der Waals surface area contributed by atoms with Gasteiger partial charge in [-0.1, -0.05) is 6.07 Å². The van der Waals surface area contributed by atoms with Crippen LogP contribution in [0.5, 0.6) is 0 Å². The van der Waals surface area contributed by atoms with Crippen LogP contribution in [0, 0.1) is 17.1 Å². The lowest BCUT2D eigenvalue weighted by molar-refractivity contribution is 0.630. The molecule has 1 aromatic rings. The van der Waals surface area contributed by atoms with Crippen molar-refractivity contribution < 1.29 is 4.39 Å². The van der Waals surface area contributed by atoms with Crippen molar-refractivity contribution >= 4 is 0 Å². The van der Waals surface area contributed by atoms with Crippen LogP contribution in [0.15, 0.2) is 42.7 Å². The van der Waals surface area contributed by atoms with E-state index in [0.717, 1.165) is 11.3 Å². The maximum atomic E-state index is 13.9. The van der Waals surface area contributed by atoms with Crippen LogP contribution in [0.4, 0.5) is 4.39 Å². The van der Waals surface area contributed by atoms with Gasteiger partial charge in [0, 0.05) is 11.8 Å². The topological polar surface area (TPSA) is 52.5 Å². The minimum absolute atomic E-state index is 0.295. The summed E-state index contributed by atoms with van der Waals surface area (Å²) in [6, 6.07) is 10.1. The van der Waals surface area contributed by atoms with Crippen LogP contribution in [-0.2, 0) is 0 Å². The Morgan fingerprint density at radius 1 is 1.11 bits per heavy atom. The number of pyridine rings is 1. The molecular weight excluding hydrogens is 229 g/mol. The molecule has 0 saturated heterocycles. The molecule has 0 atom stereocenters. The number of halogens is 1. The van der Waals surface area contributed by atoms with Crippen LogP contribution in [0.1, 0.15) is 5.56 Å². The van der Waals surface area contributed by atoms with E-state index in [1.54, 1.807) is 24.5 Å². The monoisotopic (exact) mass is 237 g/mol. The standard InChI is InChI=1S/C14H8FN3/c15-11-3-1-2-9(6-16)14(11)12-5-4-10-7-17-8-13(10)18-12/h1-5,7-8,18H. The van der Waals surface area contributed by atoms with Gasteiger partial charge < -0.3 is 4.98 Å². The van der Waals surface area contributed by atoms with E-state index >= 15 is 0 Å². The number of aromatic amines is 1. The normalized spacial score (nSPS) is 10.4. The zero-order valence-corrected chi connectivity index (χ0v) is 9.31. The first kappa shape index (κ1) is 10.5. The number of hydrogen-bond donors (Lipinski definition) is 1. The van der Waals surface area contributed by atoms with E-state index in [4.69, 9.17) is 5.26 Å². The third-order valence-corrected chi connectivity index (χ3v) is 2.83. The average molecular weight is 237 g/mol. The van der Waals surface area contributed by atoms with Gasteiger partial charge in [-0.3, -0.25) is 4.98 Å². The van der Waals surface area contributed by atoms with Gasteiger partial charge >= 0.3 is 0 Å². The molecule has 0 aromatic heterocycles. The van der Waals surface area contributed by atoms with Gasteiger partial charge in [-0.05, 0) is 24.3 Å². The van der Waals surface area contributed by atoms with Gasteiger partial charge in [0.15, 0.2) is 0 Å². The number of nitrogens with one attached hydrogen (secondary N) is 1. The Labute approximate surface area is 103 Å². The zero-order chi connectivity index (χ0) is 12.5. The number of nitrogens with zero attached hydrogens (tertiary/aromatic N) is 2. The number of fused-ring (bicyclic) bond motifs is 1. The summed E-state index contributed by atoms with van der Waals surface area (Å²) < 4.78 is 13.9. The summed E-state index contributed by atoms with van der Waals surface area (Å²) in [4.78, 5) is 7.10. The number of hydrogen-bond acceptors (Lipinski definition) is 2. The fourth-order valence-electron chi connectivity index (χ4n) is 1.97. The van der Waals surface area contributed by atoms with Gasteiger partial charge in [-0.15, -0.1) is 0 Å². The Hall–Kier alpha value is -2.67. The maximum absolute atomic E-state index is 13.9. The summed E-state index contributed by atoms with van der Waals surface area (Å²) >= 11 is 0. The first-order valence-corrected chi connectivity index (χ1v) is 5.41. The van der Waals surface area contributed by atoms with Crippen LogP contribution < -0.4 is 0 Å². The minimum Gasteiger partial charge on any atom is -0.353 e. The molecule has 0 amide bonds. The molecule has 2 aliphatic rings. The van der Waals surface area contributed by atoms with Crippen molar-refractivity contribution in [3.63, 3.8) is 0 Å². The highest BCUT2D eigenvalue weighted by atomic mass is 19.1. The molecular formula is C14H8FN3. The first-order chi connectivity index (χ1) is 8.79. The highest BCUT2D eigenvalue weighted by Crippen LogP contribution is 2.28. The maximum Gasteiger partial charge on any atom is 0.133 e. The Morgan fingerprint density at radius 3 is 2.83 bits per heavy atom. The molecule has 0 unspecified atom stereocenters.